The van der Waals surface area contributed by atoms with Gasteiger partial charge in [-0.1, -0.05) is 20.3 Å². The highest BCUT2D eigenvalue weighted by Crippen LogP contribution is 2.58. The quantitative estimate of drug-likeness (QED) is 0.606. The molecule has 0 aromatic heterocycles. The second kappa shape index (κ2) is 3.58. The van der Waals surface area contributed by atoms with Crippen LogP contribution in [0.5, 0.6) is 0 Å². The summed E-state index contributed by atoms with van der Waals surface area (Å²) >= 11 is 0. The molecule has 0 heterocycles. The Balaban J connectivity index is 1.84. The van der Waals surface area contributed by atoms with Gasteiger partial charge in [-0.15, -0.1) is 0 Å². The summed E-state index contributed by atoms with van der Waals surface area (Å²) in [6, 6.07) is 0. The van der Waals surface area contributed by atoms with Crippen molar-refractivity contribution >= 4 is 5.78 Å². The third kappa shape index (κ3) is 1.39. The average Bonchev–Trinajstić information content (AvgIpc) is 2.56. The maximum atomic E-state index is 12.1. The predicted molar refractivity (Wildman–Crippen MR) is 65.1 cm³/mol. The fraction of sp³-hybridized carbons (Fsp3) is 0.933. The van der Waals surface area contributed by atoms with Crippen LogP contribution in [0.1, 0.15) is 58.8 Å². The van der Waals surface area contributed by atoms with Gasteiger partial charge < -0.3 is 0 Å². The second-order valence-corrected chi connectivity index (χ2v) is 6.87. The van der Waals surface area contributed by atoms with Crippen molar-refractivity contribution in [3.05, 3.63) is 0 Å². The Morgan fingerprint density at radius 1 is 1.19 bits per heavy atom. The Kier molecular flexibility index (Phi) is 2.42. The van der Waals surface area contributed by atoms with Gasteiger partial charge in [0, 0.05) is 11.8 Å². The van der Waals surface area contributed by atoms with E-state index in [1.165, 1.54) is 38.5 Å². The van der Waals surface area contributed by atoms with Gasteiger partial charge >= 0.3 is 0 Å². The van der Waals surface area contributed by atoms with Crippen molar-refractivity contribution in [2.45, 2.75) is 58.8 Å². The molecule has 16 heavy (non-hydrogen) atoms. The molecule has 0 bridgehead atoms. The molecule has 5 atom stereocenters. The van der Waals surface area contributed by atoms with Crippen LogP contribution in [-0.2, 0) is 4.79 Å². The van der Waals surface area contributed by atoms with Gasteiger partial charge in [-0.05, 0) is 55.8 Å². The standard InChI is InChI=1S/C15H24O/c1-10-3-4-12-11(9-10)7-8-15(2)13(12)5-6-14(15)16/h10-13H,3-9H2,1-2H3/t10-,11+,12+,13-,15-/m0/s1. The summed E-state index contributed by atoms with van der Waals surface area (Å²) < 4.78 is 0. The lowest BCUT2D eigenvalue weighted by atomic mass is 9.55. The predicted octanol–water partition coefficient (Wildman–Crippen LogP) is 3.82. The van der Waals surface area contributed by atoms with E-state index in [2.05, 4.69) is 13.8 Å². The van der Waals surface area contributed by atoms with Gasteiger partial charge in [-0.25, -0.2) is 0 Å². The van der Waals surface area contributed by atoms with Gasteiger partial charge in [0.05, 0.1) is 0 Å². The number of ketones is 1. The van der Waals surface area contributed by atoms with E-state index in [1.54, 1.807) is 0 Å². The van der Waals surface area contributed by atoms with E-state index in [0.29, 0.717) is 5.78 Å². The van der Waals surface area contributed by atoms with Gasteiger partial charge in [0.2, 0.25) is 0 Å². The first kappa shape index (κ1) is 10.8. The van der Waals surface area contributed by atoms with Crippen molar-refractivity contribution in [3.63, 3.8) is 0 Å². The normalized spacial score (nSPS) is 52.2. The molecule has 3 rings (SSSR count). The van der Waals surface area contributed by atoms with Crippen LogP contribution in [0.4, 0.5) is 0 Å². The van der Waals surface area contributed by atoms with Gasteiger partial charge in [-0.2, -0.15) is 0 Å². The molecule has 3 fully saturated rings. The van der Waals surface area contributed by atoms with E-state index < -0.39 is 0 Å². The first-order valence-corrected chi connectivity index (χ1v) is 7.14. The van der Waals surface area contributed by atoms with Crippen LogP contribution < -0.4 is 0 Å². The molecule has 3 saturated carbocycles. The fourth-order valence-electron chi connectivity index (χ4n) is 4.98. The third-order valence-electron chi connectivity index (χ3n) is 5.99. The first-order chi connectivity index (χ1) is 7.61. The van der Waals surface area contributed by atoms with Gasteiger partial charge in [0.25, 0.3) is 0 Å². The number of hydrogen-bond donors (Lipinski definition) is 0. The molecule has 0 aliphatic heterocycles. The Labute approximate surface area is 99.0 Å². The fourth-order valence-corrected chi connectivity index (χ4v) is 4.98. The van der Waals surface area contributed by atoms with E-state index in [0.717, 1.165) is 30.1 Å². The van der Waals surface area contributed by atoms with E-state index >= 15 is 0 Å². The highest BCUT2D eigenvalue weighted by atomic mass is 16.1. The molecule has 3 aliphatic carbocycles. The Hall–Kier alpha value is -0.330. The van der Waals surface area contributed by atoms with Crippen LogP contribution in [0, 0.1) is 29.1 Å². The molecular weight excluding hydrogens is 196 g/mol. The molecule has 1 heteroatoms. The molecule has 0 amide bonds. The van der Waals surface area contributed by atoms with Gasteiger partial charge in [0.1, 0.15) is 5.78 Å². The summed E-state index contributed by atoms with van der Waals surface area (Å²) in [6.45, 7) is 4.67. The van der Waals surface area contributed by atoms with E-state index in [4.69, 9.17) is 0 Å². The smallest absolute Gasteiger partial charge is 0.139 e. The molecule has 0 unspecified atom stereocenters. The van der Waals surface area contributed by atoms with Crippen LogP contribution in [0.25, 0.3) is 0 Å². The summed E-state index contributed by atoms with van der Waals surface area (Å²) in [5, 5.41) is 0. The maximum Gasteiger partial charge on any atom is 0.139 e. The minimum absolute atomic E-state index is 0.0851. The molecule has 90 valence electrons. The third-order valence-corrected chi connectivity index (χ3v) is 5.99. The highest BCUT2D eigenvalue weighted by Gasteiger charge is 2.54. The lowest BCUT2D eigenvalue weighted by Crippen LogP contribution is -2.43. The molecule has 0 radical (unpaired) electrons. The highest BCUT2D eigenvalue weighted by molar-refractivity contribution is 5.87. The van der Waals surface area contributed by atoms with Crippen molar-refractivity contribution in [1.82, 2.24) is 0 Å². The molecule has 0 saturated heterocycles. The molecule has 3 aliphatic rings. The first-order valence-electron chi connectivity index (χ1n) is 7.14. The van der Waals surface area contributed by atoms with E-state index in [1.807, 2.05) is 0 Å². The van der Waals surface area contributed by atoms with Crippen molar-refractivity contribution in [1.29, 1.82) is 0 Å². The topological polar surface area (TPSA) is 17.1 Å². The summed E-state index contributed by atoms with van der Waals surface area (Å²) in [5.41, 5.74) is 0.0851. The minimum atomic E-state index is 0.0851. The van der Waals surface area contributed by atoms with Gasteiger partial charge in [0.15, 0.2) is 0 Å². The van der Waals surface area contributed by atoms with E-state index in [9.17, 15) is 4.79 Å². The van der Waals surface area contributed by atoms with Crippen molar-refractivity contribution < 1.29 is 4.79 Å². The van der Waals surface area contributed by atoms with Crippen LogP contribution >= 0.6 is 0 Å². The van der Waals surface area contributed by atoms with E-state index in [-0.39, 0.29) is 5.41 Å². The molecule has 0 aromatic rings. The second-order valence-electron chi connectivity index (χ2n) is 6.87. The lowest BCUT2D eigenvalue weighted by Gasteiger charge is -2.48. The summed E-state index contributed by atoms with van der Waals surface area (Å²) in [5.74, 6) is 4.10. The van der Waals surface area contributed by atoms with Crippen molar-refractivity contribution in [3.8, 4) is 0 Å². The van der Waals surface area contributed by atoms with Crippen LogP contribution in [0.3, 0.4) is 0 Å². The summed E-state index contributed by atoms with van der Waals surface area (Å²) in [4.78, 5) is 12.1. The number of carbonyl (C=O) groups excluding carboxylic acids is 1. The number of carbonyl (C=O) groups is 1. The van der Waals surface area contributed by atoms with Crippen molar-refractivity contribution in [2.75, 3.05) is 0 Å². The zero-order chi connectivity index (χ0) is 11.3. The Morgan fingerprint density at radius 2 is 2.00 bits per heavy atom. The summed E-state index contributed by atoms with van der Waals surface area (Å²) in [7, 11) is 0. The minimum Gasteiger partial charge on any atom is -0.299 e. The Bertz CT molecular complexity index is 309. The van der Waals surface area contributed by atoms with Crippen LogP contribution in [0.2, 0.25) is 0 Å². The number of rotatable bonds is 0. The van der Waals surface area contributed by atoms with Crippen LogP contribution in [-0.4, -0.2) is 5.78 Å². The van der Waals surface area contributed by atoms with Crippen molar-refractivity contribution in [2.24, 2.45) is 29.1 Å². The van der Waals surface area contributed by atoms with Crippen LogP contribution in [0.15, 0.2) is 0 Å². The molecule has 1 nitrogen and oxygen atoms in total. The molecule has 0 spiro atoms. The monoisotopic (exact) mass is 220 g/mol. The number of hydrogen-bond acceptors (Lipinski definition) is 1. The maximum absolute atomic E-state index is 12.1. The van der Waals surface area contributed by atoms with Gasteiger partial charge in [-0.3, -0.25) is 4.79 Å². The molecule has 0 aromatic carbocycles. The molecule has 0 N–H and O–H groups in total. The average molecular weight is 220 g/mol. The zero-order valence-electron chi connectivity index (χ0n) is 10.7. The largest absolute Gasteiger partial charge is 0.299 e. The SMILES string of the molecule is C[C@H]1CC[C@@H]2[C@H](CC[C@]3(C)C(=O)CC[C@@H]23)C1. The number of Topliss-reactive ketones (excluding diaryl/α,β-unsaturated/α-hetero) is 1. The zero-order valence-corrected chi connectivity index (χ0v) is 10.7. The number of fused-ring (bicyclic) bond motifs is 3. The Morgan fingerprint density at radius 3 is 2.81 bits per heavy atom. The lowest BCUT2D eigenvalue weighted by molar-refractivity contribution is -0.130. The summed E-state index contributed by atoms with van der Waals surface area (Å²) in [6.07, 6.45) is 8.83. The molecular formula is C15H24O.